The van der Waals surface area contributed by atoms with Gasteiger partial charge in [-0.3, -0.25) is 20.2 Å². The van der Waals surface area contributed by atoms with Crippen molar-refractivity contribution in [2.45, 2.75) is 12.1 Å². The maximum absolute atomic E-state index is 10.7. The van der Waals surface area contributed by atoms with Gasteiger partial charge in [0.2, 0.25) is 12.1 Å². The monoisotopic (exact) mass is 340 g/mol. The van der Waals surface area contributed by atoms with Gasteiger partial charge >= 0.3 is 53.6 Å². The van der Waals surface area contributed by atoms with Crippen molar-refractivity contribution in [3.63, 3.8) is 0 Å². The Balaban J connectivity index is 0. The molecule has 2 aliphatic rings. The van der Waals surface area contributed by atoms with Gasteiger partial charge < -0.3 is 21.4 Å². The van der Waals surface area contributed by atoms with Crippen LogP contribution in [0.25, 0.3) is 0 Å². The maximum atomic E-state index is 10.7. The average Bonchev–Trinajstić information content (AvgIpc) is 2.77. The van der Waals surface area contributed by atoms with Gasteiger partial charge in [0.05, 0.1) is 0 Å². The van der Waals surface area contributed by atoms with Crippen LogP contribution in [-0.2, 0) is 19.2 Å². The first kappa shape index (κ1) is 20.8. The molecular formula is C10H13N4NaO8. The summed E-state index contributed by atoms with van der Waals surface area (Å²) in [7, 11) is 2.50. The zero-order valence-corrected chi connectivity index (χ0v) is 14.4. The third kappa shape index (κ3) is 4.40. The summed E-state index contributed by atoms with van der Waals surface area (Å²) < 4.78 is 0. The Labute approximate surface area is 152 Å². The quantitative estimate of drug-likeness (QED) is 0.219. The third-order valence-corrected chi connectivity index (χ3v) is 2.84. The average molecular weight is 340 g/mol. The van der Waals surface area contributed by atoms with Crippen LogP contribution in [0.2, 0.25) is 0 Å². The largest absolute Gasteiger partial charge is 1.00 e. The number of carbonyl (C=O) groups is 6. The van der Waals surface area contributed by atoms with Crippen molar-refractivity contribution in [3.05, 3.63) is 0 Å². The van der Waals surface area contributed by atoms with Gasteiger partial charge in [-0.2, -0.15) is 0 Å². The molecule has 2 heterocycles. The van der Waals surface area contributed by atoms with Crippen LogP contribution in [0.5, 0.6) is 0 Å². The van der Waals surface area contributed by atoms with E-state index in [4.69, 9.17) is 10.2 Å². The zero-order valence-electron chi connectivity index (χ0n) is 13.4. The van der Waals surface area contributed by atoms with E-state index in [1.54, 1.807) is 0 Å². The number of aliphatic carboxylic acids is 2. The van der Waals surface area contributed by atoms with Gasteiger partial charge in [-0.25, -0.2) is 19.2 Å². The maximum Gasteiger partial charge on any atom is 1.00 e. The van der Waals surface area contributed by atoms with Gasteiger partial charge in [0, 0.05) is 14.1 Å². The molecular weight excluding hydrogens is 327 g/mol. The van der Waals surface area contributed by atoms with Crippen molar-refractivity contribution in [2.75, 3.05) is 14.1 Å². The number of rotatable bonds is 2. The minimum absolute atomic E-state index is 0. The van der Waals surface area contributed by atoms with Crippen LogP contribution in [-0.4, -0.2) is 82.0 Å². The summed E-state index contributed by atoms with van der Waals surface area (Å²) in [5, 5.41) is 20.6. The Morgan fingerprint density at radius 2 is 1.13 bits per heavy atom. The van der Waals surface area contributed by atoms with Crippen LogP contribution in [0.1, 0.15) is 1.43 Å². The Bertz CT molecular complexity index is 535. The number of carboxylic acids is 2. The summed E-state index contributed by atoms with van der Waals surface area (Å²) in [5.41, 5.74) is 0. The topological polar surface area (TPSA) is 173 Å². The number of amides is 6. The Morgan fingerprint density at radius 1 is 0.870 bits per heavy atom. The molecule has 0 aliphatic carbocycles. The van der Waals surface area contributed by atoms with Crippen molar-refractivity contribution in [1.29, 1.82) is 0 Å². The fourth-order valence-electron chi connectivity index (χ4n) is 1.67. The SMILES string of the molecule is CN1C(=O)NC(=O)C1C(=O)O.CN1C(=O)NC(=O)C1C(=O)O.[H-].[Na+]. The molecule has 2 unspecified atom stereocenters. The molecule has 0 radical (unpaired) electrons. The smallest absolute Gasteiger partial charge is 1.00 e. The summed E-state index contributed by atoms with van der Waals surface area (Å²) >= 11 is 0. The van der Waals surface area contributed by atoms with Crippen molar-refractivity contribution in [3.8, 4) is 0 Å². The van der Waals surface area contributed by atoms with E-state index >= 15 is 0 Å². The van der Waals surface area contributed by atoms with Crippen molar-refractivity contribution < 1.29 is 70.0 Å². The standard InChI is InChI=1S/2C5H6N2O4.Na.H/c2*1-7-2(4(9)10)3(8)6-5(7)11;;/h2*2H,1H3,(H,9,10)(H,6,8,11);;/q;;+1;-1. The van der Waals surface area contributed by atoms with E-state index in [0.29, 0.717) is 0 Å². The molecule has 4 N–H and O–H groups in total. The van der Waals surface area contributed by atoms with E-state index in [0.717, 1.165) is 9.80 Å². The molecule has 0 bridgehead atoms. The molecule has 0 aromatic rings. The molecule has 2 rings (SSSR count). The third-order valence-electron chi connectivity index (χ3n) is 2.84. The molecule has 2 saturated heterocycles. The summed E-state index contributed by atoms with van der Waals surface area (Å²) in [5.74, 6) is -4.22. The number of carboxylic acid groups (broad SMARTS) is 2. The molecule has 6 amide bonds. The van der Waals surface area contributed by atoms with E-state index < -0.39 is 47.9 Å². The molecule has 23 heavy (non-hydrogen) atoms. The van der Waals surface area contributed by atoms with Crippen molar-refractivity contribution in [2.24, 2.45) is 0 Å². The van der Waals surface area contributed by atoms with Crippen LogP contribution >= 0.6 is 0 Å². The first-order valence-electron chi connectivity index (χ1n) is 5.68. The van der Waals surface area contributed by atoms with E-state index in [-0.39, 0.29) is 31.0 Å². The van der Waals surface area contributed by atoms with Gasteiger partial charge in [0.15, 0.2) is 0 Å². The molecule has 0 aromatic carbocycles. The Morgan fingerprint density at radius 3 is 1.22 bits per heavy atom. The Hall–Kier alpha value is -2.18. The number of likely N-dealkylation sites (N-methyl/N-ethyl adjacent to an activating group) is 2. The molecule has 2 fully saturated rings. The molecule has 13 heteroatoms. The second-order valence-corrected chi connectivity index (χ2v) is 4.29. The van der Waals surface area contributed by atoms with Crippen LogP contribution < -0.4 is 40.2 Å². The fourth-order valence-corrected chi connectivity index (χ4v) is 1.67. The first-order valence-corrected chi connectivity index (χ1v) is 5.68. The molecule has 2 atom stereocenters. The Kier molecular flexibility index (Phi) is 7.15. The minimum atomic E-state index is -1.37. The van der Waals surface area contributed by atoms with Gasteiger partial charge in [-0.1, -0.05) is 0 Å². The van der Waals surface area contributed by atoms with Crippen molar-refractivity contribution >= 4 is 35.8 Å². The minimum Gasteiger partial charge on any atom is -1.00 e. The summed E-state index contributed by atoms with van der Waals surface area (Å²) in [6, 6.07) is -4.10. The van der Waals surface area contributed by atoms with Crippen LogP contribution in [0, 0.1) is 0 Å². The molecule has 2 aliphatic heterocycles. The number of hydrogen-bond acceptors (Lipinski definition) is 6. The number of carbonyl (C=O) groups excluding carboxylic acids is 4. The number of nitrogens with zero attached hydrogens (tertiary/aromatic N) is 2. The molecule has 12 nitrogen and oxygen atoms in total. The normalized spacial score (nSPS) is 22.7. The van der Waals surface area contributed by atoms with Crippen LogP contribution in [0.3, 0.4) is 0 Å². The molecule has 122 valence electrons. The van der Waals surface area contributed by atoms with Gasteiger partial charge in [-0.15, -0.1) is 0 Å². The van der Waals surface area contributed by atoms with Gasteiger partial charge in [0.25, 0.3) is 11.8 Å². The summed E-state index contributed by atoms with van der Waals surface area (Å²) in [6.45, 7) is 0. The summed E-state index contributed by atoms with van der Waals surface area (Å²) in [4.78, 5) is 64.9. The predicted octanol–water partition coefficient (Wildman–Crippen LogP) is -5.64. The molecule has 0 saturated carbocycles. The molecule has 0 aromatic heterocycles. The molecule has 0 spiro atoms. The van der Waals surface area contributed by atoms with E-state index in [9.17, 15) is 28.8 Å². The number of urea groups is 2. The summed E-state index contributed by atoms with van der Waals surface area (Å²) in [6.07, 6.45) is 0. The fraction of sp³-hybridized carbons (Fsp3) is 0.400. The number of imide groups is 2. The van der Waals surface area contributed by atoms with Crippen LogP contribution in [0.4, 0.5) is 9.59 Å². The van der Waals surface area contributed by atoms with Gasteiger partial charge in [-0.05, 0) is 0 Å². The van der Waals surface area contributed by atoms with Crippen molar-refractivity contribution in [1.82, 2.24) is 20.4 Å². The second kappa shape index (κ2) is 7.89. The predicted molar refractivity (Wildman–Crippen MR) is 66.6 cm³/mol. The van der Waals surface area contributed by atoms with Gasteiger partial charge in [0.1, 0.15) is 0 Å². The zero-order chi connectivity index (χ0) is 17.2. The second-order valence-electron chi connectivity index (χ2n) is 4.29. The van der Waals surface area contributed by atoms with E-state index in [2.05, 4.69) is 0 Å². The van der Waals surface area contributed by atoms with Crippen LogP contribution in [0.15, 0.2) is 0 Å². The van der Waals surface area contributed by atoms with E-state index in [1.165, 1.54) is 14.1 Å². The number of nitrogens with one attached hydrogen (secondary N) is 2. The number of hydrogen-bond donors (Lipinski definition) is 4. The van der Waals surface area contributed by atoms with E-state index in [1.807, 2.05) is 10.6 Å². The first-order chi connectivity index (χ1) is 10.1.